The third kappa shape index (κ3) is 7.31. The summed E-state index contributed by atoms with van der Waals surface area (Å²) in [6.07, 6.45) is -2.91. The van der Waals surface area contributed by atoms with Crippen molar-refractivity contribution in [3.05, 3.63) is 81.7 Å². The minimum Gasteiger partial charge on any atom is -0.507 e. The number of rotatable bonds is 10. The zero-order valence-corrected chi connectivity index (χ0v) is 32.3. The van der Waals surface area contributed by atoms with Crippen LogP contribution in [0.4, 0.5) is 0 Å². The van der Waals surface area contributed by atoms with Crippen molar-refractivity contribution in [3.63, 3.8) is 0 Å². The van der Waals surface area contributed by atoms with Gasteiger partial charge < -0.3 is 55.3 Å². The van der Waals surface area contributed by atoms with E-state index in [1.54, 1.807) is 0 Å². The highest BCUT2D eigenvalue weighted by molar-refractivity contribution is 6.31. The lowest BCUT2D eigenvalue weighted by Crippen LogP contribution is -2.59. The number of nitrogens with one attached hydrogen (secondary N) is 2. The van der Waals surface area contributed by atoms with Crippen LogP contribution in [-0.4, -0.2) is 133 Å². The molecule has 2 aliphatic heterocycles. The Labute approximate surface area is 337 Å². The van der Waals surface area contributed by atoms with Crippen LogP contribution in [-0.2, 0) is 30.3 Å². The van der Waals surface area contributed by atoms with Crippen LogP contribution >= 0.6 is 0 Å². The highest BCUT2D eigenvalue weighted by atomic mass is 16.7. The molecule has 2 aromatic carbocycles. The molecule has 3 heterocycles. The molecule has 2 fully saturated rings. The number of carbonyl (C=O) groups is 6. The predicted molar refractivity (Wildman–Crippen MR) is 202 cm³/mol. The molecule has 312 valence electrons. The Balaban J connectivity index is 1.14. The fraction of sp³-hybridized carbons (Fsp3) is 0.439. The molecule has 3 amide bonds. The molecule has 8 atom stereocenters. The number of aliphatic hydroxyl groups excluding tert-OH is 2. The van der Waals surface area contributed by atoms with Crippen molar-refractivity contribution in [1.29, 1.82) is 0 Å². The lowest BCUT2D eigenvalue weighted by atomic mass is 9.72. The summed E-state index contributed by atoms with van der Waals surface area (Å²) in [7, 11) is 1.30. The highest BCUT2D eigenvalue weighted by Crippen LogP contribution is 2.52. The molecule has 0 radical (unpaired) electrons. The number of pyridine rings is 1. The van der Waals surface area contributed by atoms with Crippen molar-refractivity contribution in [1.82, 2.24) is 20.5 Å². The first-order chi connectivity index (χ1) is 28.1. The van der Waals surface area contributed by atoms with Gasteiger partial charge in [0.05, 0.1) is 42.0 Å². The standard InChI is InChI=1S/C41H44N4O14/c1-18(43-38(53)20-9-11-42-12-10-20)40(55)45-13-5-7-24(45)39(54)44-23-14-28(58-19(2)33(23)48)59-26-16-41(56,27(47)17-46)15-22-30(26)37(52)32-31(35(22)50)34(49)21-6-4-8-25(57-3)29(21)36(32)51/h4,6,8-12,18-19,23-24,26,28,33,46,48,50,52,56H,5,7,13-17H2,1-3H3,(H,43,53)(H,44,54)/t18-,19+,23+,24+,26+,28+,33-,41+/m1/s1. The number of ether oxygens (including phenoxy) is 3. The average molecular weight is 817 g/mol. The molecule has 0 saturated carbocycles. The lowest BCUT2D eigenvalue weighted by molar-refractivity contribution is -0.249. The van der Waals surface area contributed by atoms with Gasteiger partial charge in [0.25, 0.3) is 5.91 Å². The van der Waals surface area contributed by atoms with Crippen LogP contribution < -0.4 is 15.4 Å². The zero-order chi connectivity index (χ0) is 42.5. The Hall–Kier alpha value is -5.79. The van der Waals surface area contributed by atoms with Gasteiger partial charge in [-0.1, -0.05) is 12.1 Å². The van der Waals surface area contributed by atoms with Crippen LogP contribution in [0.5, 0.6) is 17.2 Å². The number of ketones is 3. The van der Waals surface area contributed by atoms with E-state index in [2.05, 4.69) is 15.6 Å². The second-order valence-corrected chi connectivity index (χ2v) is 15.2. The van der Waals surface area contributed by atoms with Crippen molar-refractivity contribution >= 4 is 35.1 Å². The second-order valence-electron chi connectivity index (χ2n) is 15.2. The number of nitrogens with zero attached hydrogens (tertiary/aromatic N) is 2. The van der Waals surface area contributed by atoms with Gasteiger partial charge >= 0.3 is 0 Å². The molecular weight excluding hydrogens is 772 g/mol. The SMILES string of the molecule is COc1cccc2c1C(=O)c1c(O)c3c(c(O)c1C2=O)C[C@@](O)(C(=O)CO)C[C@@H]3O[C@H]1C[C@H](NC(=O)[C@@H]2CCCN2C(=O)[C@@H](C)NC(=O)c2ccncc2)[C@H](O)[C@H](C)O1. The van der Waals surface area contributed by atoms with Crippen molar-refractivity contribution in [3.8, 4) is 17.2 Å². The lowest BCUT2D eigenvalue weighted by Gasteiger charge is -2.43. The van der Waals surface area contributed by atoms with Gasteiger partial charge in [-0.25, -0.2) is 0 Å². The highest BCUT2D eigenvalue weighted by Gasteiger charge is 2.51. The molecule has 0 spiro atoms. The van der Waals surface area contributed by atoms with E-state index in [-0.39, 0.29) is 41.0 Å². The summed E-state index contributed by atoms with van der Waals surface area (Å²) >= 11 is 0. The molecule has 18 nitrogen and oxygen atoms in total. The molecule has 18 heteroatoms. The van der Waals surface area contributed by atoms with Crippen molar-refractivity contribution < 1.29 is 68.5 Å². The second kappa shape index (κ2) is 16.1. The minimum atomic E-state index is -2.38. The van der Waals surface area contributed by atoms with Crippen LogP contribution in [0.15, 0.2) is 42.7 Å². The van der Waals surface area contributed by atoms with Gasteiger partial charge in [0.2, 0.25) is 17.6 Å². The van der Waals surface area contributed by atoms with E-state index in [0.29, 0.717) is 18.4 Å². The van der Waals surface area contributed by atoms with E-state index in [9.17, 15) is 54.3 Å². The molecule has 0 bridgehead atoms. The number of likely N-dealkylation sites (tertiary alicyclic amines) is 1. The Bertz CT molecular complexity index is 2230. The van der Waals surface area contributed by atoms with Crippen molar-refractivity contribution in [2.24, 2.45) is 0 Å². The first-order valence-corrected chi connectivity index (χ1v) is 19.1. The third-order valence-corrected chi connectivity index (χ3v) is 11.6. The number of amides is 3. The summed E-state index contributed by atoms with van der Waals surface area (Å²) in [5, 5.41) is 61.5. The Morgan fingerprint density at radius 3 is 2.46 bits per heavy atom. The first kappa shape index (κ1) is 41.4. The van der Waals surface area contributed by atoms with Gasteiger partial charge in [0.15, 0.2) is 17.9 Å². The number of phenolic OH excluding ortho intramolecular Hbond substituents is 2. The first-order valence-electron chi connectivity index (χ1n) is 19.1. The number of benzene rings is 2. The summed E-state index contributed by atoms with van der Waals surface area (Å²) in [5.41, 5.74) is -3.92. The molecule has 7 N–H and O–H groups in total. The number of hydrogen-bond acceptors (Lipinski definition) is 15. The number of hydrogen-bond donors (Lipinski definition) is 7. The van der Waals surface area contributed by atoms with E-state index in [4.69, 9.17) is 14.2 Å². The maximum absolute atomic E-state index is 14.0. The van der Waals surface area contributed by atoms with Crippen LogP contribution in [0.3, 0.4) is 0 Å². The minimum absolute atomic E-state index is 0.0439. The van der Waals surface area contributed by atoms with Gasteiger partial charge in [0, 0.05) is 60.5 Å². The zero-order valence-electron chi connectivity index (χ0n) is 32.3. The molecule has 59 heavy (non-hydrogen) atoms. The summed E-state index contributed by atoms with van der Waals surface area (Å²) in [6, 6.07) is 4.33. The number of phenols is 2. The van der Waals surface area contributed by atoms with Gasteiger partial charge in [-0.3, -0.25) is 33.8 Å². The summed E-state index contributed by atoms with van der Waals surface area (Å²) in [4.78, 5) is 86.0. The van der Waals surface area contributed by atoms with Crippen LogP contribution in [0, 0.1) is 0 Å². The van der Waals surface area contributed by atoms with E-state index in [0.717, 1.165) is 0 Å². The number of Topliss-reactive ketones (excluding diaryl/α,β-unsaturated/α-hetero) is 1. The number of carbonyl (C=O) groups excluding carboxylic acids is 6. The monoisotopic (exact) mass is 816 g/mol. The smallest absolute Gasteiger partial charge is 0.252 e. The largest absolute Gasteiger partial charge is 0.507 e. The molecule has 7 rings (SSSR count). The number of fused-ring (bicyclic) bond motifs is 3. The molecule has 2 saturated heterocycles. The van der Waals surface area contributed by atoms with E-state index < -0.39 is 125 Å². The molecule has 0 unspecified atom stereocenters. The Morgan fingerprint density at radius 1 is 1.05 bits per heavy atom. The molecular formula is C41H44N4O14. The normalized spacial score (nSPS) is 26.6. The topological polar surface area (TPSA) is 271 Å². The number of methoxy groups -OCH3 is 1. The van der Waals surface area contributed by atoms with E-state index in [1.165, 1.54) is 68.6 Å². The predicted octanol–water partition coefficient (Wildman–Crippen LogP) is 0.363. The maximum atomic E-state index is 14.0. The van der Waals surface area contributed by atoms with Gasteiger partial charge in [-0.2, -0.15) is 0 Å². The van der Waals surface area contributed by atoms with Crippen molar-refractivity contribution in [2.45, 2.75) is 94.3 Å². The van der Waals surface area contributed by atoms with Gasteiger partial charge in [-0.15, -0.1) is 0 Å². The molecule has 2 aliphatic carbocycles. The maximum Gasteiger partial charge on any atom is 0.252 e. The number of aliphatic hydroxyl groups is 3. The Kier molecular flexibility index (Phi) is 11.3. The summed E-state index contributed by atoms with van der Waals surface area (Å²) < 4.78 is 17.6. The number of aromatic nitrogens is 1. The summed E-state index contributed by atoms with van der Waals surface area (Å²) in [6.45, 7) is 2.16. The molecule has 1 aromatic heterocycles. The average Bonchev–Trinajstić information content (AvgIpc) is 3.72. The van der Waals surface area contributed by atoms with E-state index >= 15 is 0 Å². The van der Waals surface area contributed by atoms with Crippen molar-refractivity contribution in [2.75, 3.05) is 20.3 Å². The van der Waals surface area contributed by atoms with E-state index in [1.807, 2.05) is 0 Å². The molecule has 3 aromatic rings. The summed E-state index contributed by atoms with van der Waals surface area (Å²) in [5.74, 6) is -5.77. The Morgan fingerprint density at radius 2 is 1.76 bits per heavy atom. The number of aromatic hydroxyl groups is 2. The van der Waals surface area contributed by atoms with Gasteiger partial charge in [0.1, 0.15) is 47.6 Å². The third-order valence-electron chi connectivity index (χ3n) is 11.6. The fourth-order valence-electron chi connectivity index (χ4n) is 8.53. The molecule has 4 aliphatic rings. The van der Waals surface area contributed by atoms with Crippen LogP contribution in [0.1, 0.15) is 99.0 Å². The van der Waals surface area contributed by atoms with Crippen LogP contribution in [0.2, 0.25) is 0 Å². The fourth-order valence-corrected chi connectivity index (χ4v) is 8.53. The van der Waals surface area contributed by atoms with Gasteiger partial charge in [-0.05, 0) is 44.9 Å². The quantitative estimate of drug-likeness (QED) is 0.107. The van der Waals surface area contributed by atoms with Crippen LogP contribution in [0.25, 0.3) is 0 Å².